The minimum atomic E-state index is -0.310. The average molecular weight is 206 g/mol. The van der Waals surface area contributed by atoms with Crippen LogP contribution in [-0.2, 0) is 4.74 Å². The van der Waals surface area contributed by atoms with Crippen molar-refractivity contribution in [3.63, 3.8) is 0 Å². The molecule has 0 fully saturated rings. The van der Waals surface area contributed by atoms with E-state index in [9.17, 15) is 5.11 Å². The fourth-order valence-corrected chi connectivity index (χ4v) is 1.24. The van der Waals surface area contributed by atoms with Crippen LogP contribution in [0.2, 0.25) is 0 Å². The molecule has 0 heterocycles. The van der Waals surface area contributed by atoms with Crippen molar-refractivity contribution in [2.75, 3.05) is 0 Å². The Balaban J connectivity index is 3.02. The number of benzene rings is 1. The summed E-state index contributed by atoms with van der Waals surface area (Å²) in [7, 11) is 0. The molecule has 2 heteroatoms. The molecule has 0 aliphatic heterocycles. The Morgan fingerprint density at radius 3 is 2.07 bits per heavy atom. The Morgan fingerprint density at radius 2 is 1.67 bits per heavy atom. The lowest BCUT2D eigenvalue weighted by molar-refractivity contribution is 0.0911. The SMILES string of the molecule is CC(O)=C(OC(C)(C)C)c1ccccc1. The largest absolute Gasteiger partial charge is 0.509 e. The summed E-state index contributed by atoms with van der Waals surface area (Å²) in [4.78, 5) is 0. The number of allylic oxidation sites excluding steroid dienone is 1. The second-order valence-corrected chi connectivity index (χ2v) is 4.49. The average Bonchev–Trinajstić information content (AvgIpc) is 2.14. The van der Waals surface area contributed by atoms with E-state index in [4.69, 9.17) is 4.74 Å². The van der Waals surface area contributed by atoms with Crippen LogP contribution in [0.1, 0.15) is 33.3 Å². The molecule has 0 amide bonds. The number of rotatable bonds is 2. The summed E-state index contributed by atoms with van der Waals surface area (Å²) in [6, 6.07) is 9.61. The normalized spacial score (nSPS) is 13.3. The number of aliphatic hydroxyl groups excluding tert-OH is 1. The topological polar surface area (TPSA) is 29.5 Å². The molecule has 0 spiro atoms. The molecule has 0 unspecified atom stereocenters. The third-order valence-corrected chi connectivity index (χ3v) is 1.77. The third kappa shape index (κ3) is 3.66. The van der Waals surface area contributed by atoms with Gasteiger partial charge in [0.25, 0.3) is 0 Å². The van der Waals surface area contributed by atoms with Crippen LogP contribution >= 0.6 is 0 Å². The Kier molecular flexibility index (Phi) is 3.40. The van der Waals surface area contributed by atoms with E-state index in [1.807, 2.05) is 51.1 Å². The van der Waals surface area contributed by atoms with Crippen LogP contribution in [0.5, 0.6) is 0 Å². The van der Waals surface area contributed by atoms with E-state index in [0.717, 1.165) is 5.56 Å². The van der Waals surface area contributed by atoms with Crippen LogP contribution in [0.3, 0.4) is 0 Å². The lowest BCUT2D eigenvalue weighted by atomic mass is 10.1. The fraction of sp³-hybridized carbons (Fsp3) is 0.385. The molecule has 1 aromatic carbocycles. The second kappa shape index (κ2) is 4.39. The van der Waals surface area contributed by atoms with Crippen molar-refractivity contribution in [3.05, 3.63) is 41.7 Å². The van der Waals surface area contributed by atoms with E-state index in [2.05, 4.69) is 0 Å². The van der Waals surface area contributed by atoms with E-state index >= 15 is 0 Å². The molecule has 0 aromatic heterocycles. The van der Waals surface area contributed by atoms with E-state index in [-0.39, 0.29) is 11.4 Å². The molecule has 0 atom stereocenters. The highest BCUT2D eigenvalue weighted by Crippen LogP contribution is 2.24. The summed E-state index contributed by atoms with van der Waals surface area (Å²) < 4.78 is 5.71. The van der Waals surface area contributed by atoms with Gasteiger partial charge in [0.05, 0.1) is 0 Å². The standard InChI is InChI=1S/C13H18O2/c1-10(14)12(15-13(2,3)4)11-8-6-5-7-9-11/h5-9,14H,1-4H3. The highest BCUT2D eigenvalue weighted by molar-refractivity contribution is 5.61. The predicted octanol–water partition coefficient (Wildman–Crippen LogP) is 3.75. The Bertz CT molecular complexity index is 341. The van der Waals surface area contributed by atoms with Gasteiger partial charge >= 0.3 is 0 Å². The van der Waals surface area contributed by atoms with Gasteiger partial charge in [-0.3, -0.25) is 0 Å². The summed E-state index contributed by atoms with van der Waals surface area (Å²) >= 11 is 0. The summed E-state index contributed by atoms with van der Waals surface area (Å²) in [5.74, 6) is 0.749. The van der Waals surface area contributed by atoms with Crippen LogP contribution in [0.4, 0.5) is 0 Å². The van der Waals surface area contributed by atoms with Gasteiger partial charge in [-0.1, -0.05) is 30.3 Å². The van der Waals surface area contributed by atoms with Crippen LogP contribution in [0.15, 0.2) is 36.1 Å². The minimum Gasteiger partial charge on any atom is -0.509 e. The first-order valence-electron chi connectivity index (χ1n) is 5.04. The van der Waals surface area contributed by atoms with Crippen molar-refractivity contribution in [1.82, 2.24) is 0 Å². The maximum atomic E-state index is 9.58. The van der Waals surface area contributed by atoms with Crippen molar-refractivity contribution < 1.29 is 9.84 Å². The third-order valence-electron chi connectivity index (χ3n) is 1.77. The first kappa shape index (κ1) is 11.6. The zero-order valence-corrected chi connectivity index (χ0v) is 9.74. The Labute approximate surface area is 91.2 Å². The Morgan fingerprint density at radius 1 is 1.13 bits per heavy atom. The summed E-state index contributed by atoms with van der Waals surface area (Å²) in [5.41, 5.74) is 0.585. The van der Waals surface area contributed by atoms with Crippen molar-refractivity contribution >= 4 is 5.76 Å². The van der Waals surface area contributed by atoms with E-state index < -0.39 is 0 Å². The van der Waals surface area contributed by atoms with E-state index in [0.29, 0.717) is 5.76 Å². The quantitative estimate of drug-likeness (QED) is 0.747. The van der Waals surface area contributed by atoms with Gasteiger partial charge in [-0.25, -0.2) is 0 Å². The van der Waals surface area contributed by atoms with Crippen LogP contribution < -0.4 is 0 Å². The van der Waals surface area contributed by atoms with Crippen LogP contribution in [-0.4, -0.2) is 10.7 Å². The highest BCUT2D eigenvalue weighted by atomic mass is 16.5. The van der Waals surface area contributed by atoms with Gasteiger partial charge in [-0.2, -0.15) is 0 Å². The summed E-state index contributed by atoms with van der Waals surface area (Å²) in [6.07, 6.45) is 0. The number of hydrogen-bond acceptors (Lipinski definition) is 2. The molecule has 0 aliphatic rings. The molecule has 15 heavy (non-hydrogen) atoms. The van der Waals surface area contributed by atoms with Gasteiger partial charge in [0.2, 0.25) is 0 Å². The van der Waals surface area contributed by atoms with Crippen molar-refractivity contribution in [2.24, 2.45) is 0 Å². The molecule has 0 bridgehead atoms. The number of hydrogen-bond donors (Lipinski definition) is 1. The molecule has 1 N–H and O–H groups in total. The van der Waals surface area contributed by atoms with Gasteiger partial charge in [0.15, 0.2) is 5.76 Å². The molecule has 0 saturated carbocycles. The van der Waals surface area contributed by atoms with Gasteiger partial charge < -0.3 is 9.84 Å². The molecule has 0 radical (unpaired) electrons. The van der Waals surface area contributed by atoms with Gasteiger partial charge in [0, 0.05) is 5.56 Å². The van der Waals surface area contributed by atoms with Gasteiger partial charge in [-0.05, 0) is 27.7 Å². The molecular weight excluding hydrogens is 188 g/mol. The number of aliphatic hydroxyl groups is 1. The highest BCUT2D eigenvalue weighted by Gasteiger charge is 2.16. The molecule has 1 rings (SSSR count). The smallest absolute Gasteiger partial charge is 0.164 e. The van der Waals surface area contributed by atoms with Crippen molar-refractivity contribution in [2.45, 2.75) is 33.3 Å². The van der Waals surface area contributed by atoms with E-state index in [1.54, 1.807) is 6.92 Å². The molecule has 0 saturated heterocycles. The molecule has 0 aliphatic carbocycles. The lowest BCUT2D eigenvalue weighted by Gasteiger charge is -2.24. The zero-order valence-electron chi connectivity index (χ0n) is 9.74. The molecule has 2 nitrogen and oxygen atoms in total. The number of ether oxygens (including phenoxy) is 1. The lowest BCUT2D eigenvalue weighted by Crippen LogP contribution is -2.18. The Hall–Kier alpha value is -1.44. The maximum Gasteiger partial charge on any atom is 0.164 e. The first-order chi connectivity index (χ1) is 6.90. The monoisotopic (exact) mass is 206 g/mol. The van der Waals surface area contributed by atoms with Gasteiger partial charge in [-0.15, -0.1) is 0 Å². The van der Waals surface area contributed by atoms with Crippen LogP contribution in [0.25, 0.3) is 5.76 Å². The van der Waals surface area contributed by atoms with Crippen LogP contribution in [0, 0.1) is 0 Å². The maximum absolute atomic E-state index is 9.58. The first-order valence-corrected chi connectivity index (χ1v) is 5.04. The van der Waals surface area contributed by atoms with Crippen molar-refractivity contribution in [1.29, 1.82) is 0 Å². The summed E-state index contributed by atoms with van der Waals surface area (Å²) in [5, 5.41) is 9.58. The second-order valence-electron chi connectivity index (χ2n) is 4.49. The molecule has 82 valence electrons. The predicted molar refractivity (Wildman–Crippen MR) is 62.5 cm³/mol. The zero-order chi connectivity index (χ0) is 11.5. The minimum absolute atomic E-state index is 0.205. The molecule has 1 aromatic rings. The summed E-state index contributed by atoms with van der Waals surface area (Å²) in [6.45, 7) is 7.50. The van der Waals surface area contributed by atoms with Crippen molar-refractivity contribution in [3.8, 4) is 0 Å². The fourth-order valence-electron chi connectivity index (χ4n) is 1.24. The van der Waals surface area contributed by atoms with E-state index in [1.165, 1.54) is 0 Å². The molecular formula is C13H18O2. The van der Waals surface area contributed by atoms with Gasteiger partial charge in [0.1, 0.15) is 11.4 Å².